The second kappa shape index (κ2) is 8.44. The van der Waals surface area contributed by atoms with Crippen molar-refractivity contribution in [2.45, 2.75) is 20.3 Å². The highest BCUT2D eigenvalue weighted by molar-refractivity contribution is 6.31. The van der Waals surface area contributed by atoms with Crippen LogP contribution in [0, 0.1) is 6.92 Å². The topological polar surface area (TPSA) is 47.6 Å². The molecule has 0 unspecified atom stereocenters. The van der Waals surface area contributed by atoms with Crippen LogP contribution in [-0.2, 0) is 4.79 Å². The number of anilines is 1. The van der Waals surface area contributed by atoms with Gasteiger partial charge in [0.05, 0.1) is 6.61 Å². The molecule has 1 amide bonds. The molecule has 0 saturated carbocycles. The average Bonchev–Trinajstić information content (AvgIpc) is 2.55. The Morgan fingerprint density at radius 1 is 1.13 bits per heavy atom. The van der Waals surface area contributed by atoms with E-state index in [0.29, 0.717) is 23.1 Å². The summed E-state index contributed by atoms with van der Waals surface area (Å²) in [5, 5.41) is 3.36. The number of aryl methyl sites for hydroxylation is 1. The van der Waals surface area contributed by atoms with Gasteiger partial charge in [0.15, 0.2) is 6.61 Å². The minimum Gasteiger partial charge on any atom is -0.493 e. The Bertz CT molecular complexity index is 673. The van der Waals surface area contributed by atoms with Crippen molar-refractivity contribution < 1.29 is 14.3 Å². The maximum Gasteiger partial charge on any atom is 0.262 e. The summed E-state index contributed by atoms with van der Waals surface area (Å²) in [4.78, 5) is 11.9. The van der Waals surface area contributed by atoms with Gasteiger partial charge >= 0.3 is 0 Å². The fourth-order valence-electron chi connectivity index (χ4n) is 1.89. The number of carbonyl (C=O) groups is 1. The summed E-state index contributed by atoms with van der Waals surface area (Å²) in [6, 6.07) is 12.6. The Balaban J connectivity index is 1.87. The van der Waals surface area contributed by atoms with Crippen LogP contribution in [-0.4, -0.2) is 19.1 Å². The molecule has 0 aliphatic carbocycles. The summed E-state index contributed by atoms with van der Waals surface area (Å²) in [7, 11) is 0. The zero-order valence-electron chi connectivity index (χ0n) is 13.3. The number of hydrogen-bond acceptors (Lipinski definition) is 3. The highest BCUT2D eigenvalue weighted by Crippen LogP contribution is 2.21. The van der Waals surface area contributed by atoms with Crippen molar-refractivity contribution in [2.75, 3.05) is 18.5 Å². The third-order valence-corrected chi connectivity index (χ3v) is 3.51. The Kier molecular flexibility index (Phi) is 6.29. The predicted molar refractivity (Wildman–Crippen MR) is 92.5 cm³/mol. The third-order valence-electron chi connectivity index (χ3n) is 3.10. The Morgan fingerprint density at radius 3 is 2.57 bits per heavy atom. The van der Waals surface area contributed by atoms with Crippen molar-refractivity contribution in [3.8, 4) is 11.5 Å². The number of nitrogens with one attached hydrogen (secondary N) is 1. The van der Waals surface area contributed by atoms with Crippen LogP contribution in [0.25, 0.3) is 0 Å². The van der Waals surface area contributed by atoms with E-state index in [2.05, 4.69) is 5.32 Å². The SMILES string of the molecule is CCCOc1cccc(OCC(=O)Nc2ccc(C)c(Cl)c2)c1. The lowest BCUT2D eigenvalue weighted by molar-refractivity contribution is -0.118. The molecule has 4 nitrogen and oxygen atoms in total. The fourth-order valence-corrected chi connectivity index (χ4v) is 2.07. The minimum atomic E-state index is -0.246. The summed E-state index contributed by atoms with van der Waals surface area (Å²) in [6.45, 7) is 4.52. The maximum absolute atomic E-state index is 11.9. The van der Waals surface area contributed by atoms with E-state index in [1.807, 2.05) is 32.0 Å². The first-order chi connectivity index (χ1) is 11.1. The molecule has 2 aromatic rings. The predicted octanol–water partition coefficient (Wildman–Crippen LogP) is 4.45. The monoisotopic (exact) mass is 333 g/mol. The first-order valence-corrected chi connectivity index (χ1v) is 7.88. The Morgan fingerprint density at radius 2 is 1.87 bits per heavy atom. The van der Waals surface area contributed by atoms with Gasteiger partial charge in [-0.1, -0.05) is 30.7 Å². The molecule has 0 atom stereocenters. The van der Waals surface area contributed by atoms with Gasteiger partial charge in [0, 0.05) is 16.8 Å². The standard InChI is InChI=1S/C18H20ClNO3/c1-3-9-22-15-5-4-6-16(11-15)23-12-18(21)20-14-8-7-13(2)17(19)10-14/h4-8,10-11H,3,9,12H2,1-2H3,(H,20,21). The smallest absolute Gasteiger partial charge is 0.262 e. The zero-order chi connectivity index (χ0) is 16.7. The van der Waals surface area contributed by atoms with Crippen molar-refractivity contribution in [2.24, 2.45) is 0 Å². The molecule has 1 N–H and O–H groups in total. The van der Waals surface area contributed by atoms with Crippen LogP contribution < -0.4 is 14.8 Å². The van der Waals surface area contributed by atoms with Gasteiger partial charge in [0.1, 0.15) is 11.5 Å². The van der Waals surface area contributed by atoms with E-state index in [1.54, 1.807) is 24.3 Å². The second-order valence-electron chi connectivity index (χ2n) is 5.12. The molecule has 0 fully saturated rings. The molecule has 0 bridgehead atoms. The number of benzene rings is 2. The van der Waals surface area contributed by atoms with E-state index in [-0.39, 0.29) is 12.5 Å². The van der Waals surface area contributed by atoms with Crippen molar-refractivity contribution in [1.29, 1.82) is 0 Å². The van der Waals surface area contributed by atoms with Gasteiger partial charge in [-0.2, -0.15) is 0 Å². The fraction of sp³-hybridized carbons (Fsp3) is 0.278. The zero-order valence-corrected chi connectivity index (χ0v) is 14.0. The van der Waals surface area contributed by atoms with E-state index >= 15 is 0 Å². The lowest BCUT2D eigenvalue weighted by atomic mass is 10.2. The minimum absolute atomic E-state index is 0.0806. The molecular weight excluding hydrogens is 314 g/mol. The van der Waals surface area contributed by atoms with E-state index in [9.17, 15) is 4.79 Å². The van der Waals surface area contributed by atoms with Gasteiger partial charge in [0.2, 0.25) is 0 Å². The molecule has 0 radical (unpaired) electrons. The second-order valence-corrected chi connectivity index (χ2v) is 5.53. The normalized spacial score (nSPS) is 10.2. The first kappa shape index (κ1) is 17.2. The van der Waals surface area contributed by atoms with Crippen LogP contribution in [0.3, 0.4) is 0 Å². The summed E-state index contributed by atoms with van der Waals surface area (Å²) in [5.41, 5.74) is 1.61. The summed E-state index contributed by atoms with van der Waals surface area (Å²) in [5.74, 6) is 1.08. The van der Waals surface area contributed by atoms with Crippen LogP contribution >= 0.6 is 11.6 Å². The van der Waals surface area contributed by atoms with E-state index < -0.39 is 0 Å². The van der Waals surface area contributed by atoms with E-state index in [4.69, 9.17) is 21.1 Å². The van der Waals surface area contributed by atoms with E-state index in [0.717, 1.165) is 17.7 Å². The van der Waals surface area contributed by atoms with Gasteiger partial charge < -0.3 is 14.8 Å². The van der Waals surface area contributed by atoms with Crippen LogP contribution in [0.15, 0.2) is 42.5 Å². The van der Waals surface area contributed by atoms with Crippen LogP contribution in [0.1, 0.15) is 18.9 Å². The van der Waals surface area contributed by atoms with Gasteiger partial charge in [-0.3, -0.25) is 4.79 Å². The highest BCUT2D eigenvalue weighted by Gasteiger charge is 2.06. The lowest BCUT2D eigenvalue weighted by Crippen LogP contribution is -2.20. The number of hydrogen-bond donors (Lipinski definition) is 1. The molecule has 23 heavy (non-hydrogen) atoms. The number of carbonyl (C=O) groups excluding carboxylic acids is 1. The molecule has 0 spiro atoms. The average molecular weight is 334 g/mol. The molecule has 2 aromatic carbocycles. The summed E-state index contributed by atoms with van der Waals surface area (Å²) < 4.78 is 11.0. The van der Waals surface area contributed by atoms with Crippen molar-refractivity contribution >= 4 is 23.2 Å². The molecule has 122 valence electrons. The highest BCUT2D eigenvalue weighted by atomic mass is 35.5. The molecule has 0 aromatic heterocycles. The molecular formula is C18H20ClNO3. The molecule has 0 aliphatic rings. The molecule has 0 heterocycles. The quantitative estimate of drug-likeness (QED) is 0.814. The van der Waals surface area contributed by atoms with Crippen LogP contribution in [0.5, 0.6) is 11.5 Å². The molecule has 5 heteroatoms. The number of ether oxygens (including phenoxy) is 2. The van der Waals surface area contributed by atoms with Crippen LogP contribution in [0.2, 0.25) is 5.02 Å². The first-order valence-electron chi connectivity index (χ1n) is 7.50. The van der Waals surface area contributed by atoms with Crippen LogP contribution in [0.4, 0.5) is 5.69 Å². The van der Waals surface area contributed by atoms with Gasteiger partial charge in [-0.25, -0.2) is 0 Å². The molecule has 2 rings (SSSR count). The summed E-state index contributed by atoms with van der Waals surface area (Å²) in [6.07, 6.45) is 0.937. The van der Waals surface area contributed by atoms with Crippen molar-refractivity contribution in [1.82, 2.24) is 0 Å². The lowest BCUT2D eigenvalue weighted by Gasteiger charge is -2.10. The Labute approximate surface area is 141 Å². The molecule has 0 saturated heterocycles. The summed E-state index contributed by atoms with van der Waals surface area (Å²) >= 11 is 6.03. The van der Waals surface area contributed by atoms with Crippen molar-refractivity contribution in [3.63, 3.8) is 0 Å². The number of amides is 1. The third kappa shape index (κ3) is 5.49. The van der Waals surface area contributed by atoms with Gasteiger partial charge in [-0.15, -0.1) is 0 Å². The molecule has 0 aliphatic heterocycles. The Hall–Kier alpha value is -2.20. The van der Waals surface area contributed by atoms with Gasteiger partial charge in [0.25, 0.3) is 5.91 Å². The van der Waals surface area contributed by atoms with Gasteiger partial charge in [-0.05, 0) is 43.2 Å². The number of rotatable bonds is 7. The largest absolute Gasteiger partial charge is 0.493 e. The number of halogens is 1. The van der Waals surface area contributed by atoms with E-state index in [1.165, 1.54) is 0 Å². The van der Waals surface area contributed by atoms with Crippen molar-refractivity contribution in [3.05, 3.63) is 53.1 Å². The maximum atomic E-state index is 11.9.